The number of carbonyl (C=O) groups is 2. The van der Waals surface area contributed by atoms with Gasteiger partial charge in [0.25, 0.3) is 0 Å². The zero-order valence-electron chi connectivity index (χ0n) is 12.7. The quantitative estimate of drug-likeness (QED) is 0.478. The molecule has 0 saturated heterocycles. The molecule has 0 atom stereocenters. The lowest BCUT2D eigenvalue weighted by Crippen LogP contribution is -2.44. The summed E-state index contributed by atoms with van der Waals surface area (Å²) in [5.74, 6) is 0.573. The first-order valence-corrected chi connectivity index (χ1v) is 8.12. The van der Waals surface area contributed by atoms with Crippen molar-refractivity contribution in [3.05, 3.63) is 12.7 Å². The van der Waals surface area contributed by atoms with Gasteiger partial charge in [-0.25, -0.2) is 9.59 Å². The number of amidine groups is 1. The van der Waals surface area contributed by atoms with Crippen molar-refractivity contribution in [1.29, 1.82) is 0 Å². The van der Waals surface area contributed by atoms with Gasteiger partial charge in [-0.2, -0.15) is 4.99 Å². The third-order valence-electron chi connectivity index (χ3n) is 3.08. The predicted molar refractivity (Wildman–Crippen MR) is 87.7 cm³/mol. The first-order chi connectivity index (χ1) is 10.0. The van der Waals surface area contributed by atoms with Gasteiger partial charge in [0, 0.05) is 25.9 Å². The Kier molecular flexibility index (Phi) is 7.89. The SMILES string of the molecule is C=CCSC(=NC(=O)N(C)C)NC(=O)NC1CCCCC1. The summed E-state index contributed by atoms with van der Waals surface area (Å²) < 4.78 is 0. The van der Waals surface area contributed by atoms with Crippen LogP contribution >= 0.6 is 11.8 Å². The molecule has 1 fully saturated rings. The van der Waals surface area contributed by atoms with Crippen LogP contribution in [0.5, 0.6) is 0 Å². The average Bonchev–Trinajstić information content (AvgIpc) is 2.45. The molecule has 1 saturated carbocycles. The summed E-state index contributed by atoms with van der Waals surface area (Å²) in [7, 11) is 3.23. The maximum atomic E-state index is 12.0. The molecule has 1 aliphatic rings. The van der Waals surface area contributed by atoms with Crippen LogP contribution in [0.2, 0.25) is 0 Å². The van der Waals surface area contributed by atoms with Crippen molar-refractivity contribution in [2.75, 3.05) is 19.8 Å². The van der Waals surface area contributed by atoms with E-state index in [9.17, 15) is 9.59 Å². The number of nitrogens with zero attached hydrogens (tertiary/aromatic N) is 2. The molecule has 6 nitrogen and oxygen atoms in total. The number of hydrogen-bond donors (Lipinski definition) is 2. The van der Waals surface area contributed by atoms with E-state index in [1.54, 1.807) is 20.2 Å². The summed E-state index contributed by atoms with van der Waals surface area (Å²) in [5.41, 5.74) is 0. The number of carbonyl (C=O) groups excluding carboxylic acids is 2. The van der Waals surface area contributed by atoms with Crippen LogP contribution in [0.1, 0.15) is 32.1 Å². The van der Waals surface area contributed by atoms with Gasteiger partial charge in [0.15, 0.2) is 5.17 Å². The van der Waals surface area contributed by atoms with Gasteiger partial charge >= 0.3 is 12.1 Å². The molecule has 0 aromatic carbocycles. The Labute approximate surface area is 130 Å². The van der Waals surface area contributed by atoms with E-state index < -0.39 is 6.03 Å². The van der Waals surface area contributed by atoms with Crippen LogP contribution in [-0.4, -0.2) is 48.0 Å². The van der Waals surface area contributed by atoms with E-state index in [1.807, 2.05) is 0 Å². The lowest BCUT2D eigenvalue weighted by atomic mass is 9.96. The molecule has 2 N–H and O–H groups in total. The van der Waals surface area contributed by atoms with Crippen molar-refractivity contribution < 1.29 is 9.59 Å². The molecule has 1 rings (SSSR count). The van der Waals surface area contributed by atoms with Gasteiger partial charge in [-0.1, -0.05) is 37.1 Å². The third-order valence-corrected chi connectivity index (χ3v) is 3.95. The second-order valence-electron chi connectivity index (χ2n) is 5.13. The summed E-state index contributed by atoms with van der Waals surface area (Å²) in [5, 5.41) is 5.88. The van der Waals surface area contributed by atoms with Crippen LogP contribution < -0.4 is 10.6 Å². The molecule has 0 unspecified atom stereocenters. The Balaban J connectivity index is 2.55. The minimum Gasteiger partial charge on any atom is -0.335 e. The predicted octanol–water partition coefficient (Wildman–Crippen LogP) is 2.58. The molecule has 118 valence electrons. The van der Waals surface area contributed by atoms with E-state index in [4.69, 9.17) is 0 Å². The van der Waals surface area contributed by atoms with Gasteiger partial charge in [-0.3, -0.25) is 5.32 Å². The second kappa shape index (κ2) is 9.44. The van der Waals surface area contributed by atoms with Crippen LogP contribution in [0.25, 0.3) is 0 Å². The van der Waals surface area contributed by atoms with Gasteiger partial charge in [0.1, 0.15) is 0 Å². The highest BCUT2D eigenvalue weighted by atomic mass is 32.2. The standard InChI is InChI=1S/C14H24N4O2S/c1-4-10-21-13(17-14(20)18(2)3)16-12(19)15-11-8-6-5-7-9-11/h4,11H,1,5-10H2,2-3H3,(H2,15,16,17,19,20). The van der Waals surface area contributed by atoms with E-state index in [1.165, 1.54) is 23.1 Å². The third kappa shape index (κ3) is 7.17. The highest BCUT2D eigenvalue weighted by Crippen LogP contribution is 2.17. The molecule has 1 aliphatic carbocycles. The van der Waals surface area contributed by atoms with Gasteiger partial charge in [0.2, 0.25) is 0 Å². The van der Waals surface area contributed by atoms with Gasteiger partial charge in [0.05, 0.1) is 0 Å². The van der Waals surface area contributed by atoms with Gasteiger partial charge in [-0.05, 0) is 12.8 Å². The average molecular weight is 312 g/mol. The van der Waals surface area contributed by atoms with Crippen molar-refractivity contribution in [1.82, 2.24) is 15.5 Å². The lowest BCUT2D eigenvalue weighted by Gasteiger charge is -2.23. The fourth-order valence-corrected chi connectivity index (χ4v) is 2.57. The Morgan fingerprint density at radius 3 is 2.57 bits per heavy atom. The number of urea groups is 2. The Hall–Kier alpha value is -1.50. The van der Waals surface area contributed by atoms with Crippen molar-refractivity contribution in [2.24, 2.45) is 4.99 Å². The molecule has 7 heteroatoms. The molecule has 0 bridgehead atoms. The zero-order chi connectivity index (χ0) is 15.7. The number of nitrogens with one attached hydrogen (secondary N) is 2. The van der Waals surface area contributed by atoms with Crippen LogP contribution in [0.15, 0.2) is 17.6 Å². The first kappa shape index (κ1) is 17.6. The molecular formula is C14H24N4O2S. The van der Waals surface area contributed by atoms with Crippen molar-refractivity contribution in [2.45, 2.75) is 38.1 Å². The summed E-state index contributed by atoms with van der Waals surface area (Å²) >= 11 is 1.27. The number of thioether (sulfide) groups is 1. The molecule has 0 aliphatic heterocycles. The van der Waals surface area contributed by atoms with Crippen LogP contribution in [-0.2, 0) is 0 Å². The lowest BCUT2D eigenvalue weighted by molar-refractivity contribution is 0.227. The second-order valence-corrected chi connectivity index (χ2v) is 6.14. The molecule has 0 spiro atoms. The van der Waals surface area contributed by atoms with E-state index in [2.05, 4.69) is 22.2 Å². The summed E-state index contributed by atoms with van der Waals surface area (Å²) in [6.07, 6.45) is 7.25. The molecule has 0 aromatic heterocycles. The number of aliphatic imine (C=N–C) groups is 1. The molecule has 0 radical (unpaired) electrons. The molecule has 0 aromatic rings. The fraction of sp³-hybridized carbons (Fsp3) is 0.643. The van der Waals surface area contributed by atoms with Crippen molar-refractivity contribution in [3.8, 4) is 0 Å². The fourth-order valence-electron chi connectivity index (χ4n) is 1.99. The monoisotopic (exact) mass is 312 g/mol. The van der Waals surface area contributed by atoms with Crippen molar-refractivity contribution in [3.63, 3.8) is 0 Å². The Morgan fingerprint density at radius 1 is 1.33 bits per heavy atom. The number of hydrogen-bond acceptors (Lipinski definition) is 3. The highest BCUT2D eigenvalue weighted by molar-refractivity contribution is 8.14. The largest absolute Gasteiger partial charge is 0.345 e. The van der Waals surface area contributed by atoms with E-state index >= 15 is 0 Å². The Bertz CT molecular complexity index is 404. The summed E-state index contributed by atoms with van der Waals surface area (Å²) in [4.78, 5) is 28.8. The maximum absolute atomic E-state index is 12.0. The molecular weight excluding hydrogens is 288 g/mol. The van der Waals surface area contributed by atoms with E-state index in [0.717, 1.165) is 25.7 Å². The number of rotatable bonds is 3. The van der Waals surface area contributed by atoms with Crippen LogP contribution in [0.3, 0.4) is 0 Å². The van der Waals surface area contributed by atoms with Gasteiger partial charge < -0.3 is 10.2 Å². The highest BCUT2D eigenvalue weighted by Gasteiger charge is 2.17. The first-order valence-electron chi connectivity index (χ1n) is 7.14. The van der Waals surface area contributed by atoms with Crippen LogP contribution in [0, 0.1) is 0 Å². The number of amides is 4. The molecule has 0 heterocycles. The topological polar surface area (TPSA) is 73.8 Å². The molecule has 21 heavy (non-hydrogen) atoms. The van der Waals surface area contributed by atoms with Gasteiger partial charge in [-0.15, -0.1) is 6.58 Å². The minimum atomic E-state index is -0.403. The Morgan fingerprint density at radius 2 is 2.00 bits per heavy atom. The maximum Gasteiger partial charge on any atom is 0.345 e. The van der Waals surface area contributed by atoms with Crippen molar-refractivity contribution >= 4 is 29.0 Å². The normalized spacial score (nSPS) is 16.2. The zero-order valence-corrected chi connectivity index (χ0v) is 13.5. The van der Waals surface area contributed by atoms with E-state index in [0.29, 0.717) is 10.9 Å². The minimum absolute atomic E-state index is 0.217. The molecule has 4 amide bonds. The van der Waals surface area contributed by atoms with Crippen LogP contribution in [0.4, 0.5) is 9.59 Å². The summed E-state index contributed by atoms with van der Waals surface area (Å²) in [6.45, 7) is 3.62. The van der Waals surface area contributed by atoms with E-state index in [-0.39, 0.29) is 12.1 Å². The smallest absolute Gasteiger partial charge is 0.335 e. The summed E-state index contributed by atoms with van der Waals surface area (Å²) in [6, 6.07) is -0.489.